The highest BCUT2D eigenvalue weighted by atomic mass is 16.5. The molecule has 0 saturated carbocycles. The van der Waals surface area contributed by atoms with E-state index in [2.05, 4.69) is 22.8 Å². The zero-order chi connectivity index (χ0) is 25.0. The molecule has 180 valence electrons. The molecule has 1 aliphatic rings. The zero-order valence-corrected chi connectivity index (χ0v) is 19.7. The van der Waals surface area contributed by atoms with Crippen LogP contribution in [0, 0.1) is 0 Å². The molecule has 0 saturated heterocycles. The lowest BCUT2D eigenvalue weighted by molar-refractivity contribution is -0.136. The van der Waals surface area contributed by atoms with Crippen molar-refractivity contribution in [2.75, 3.05) is 11.9 Å². The Bertz CT molecular complexity index is 1230. The summed E-state index contributed by atoms with van der Waals surface area (Å²) >= 11 is 0. The topological polar surface area (TPSA) is 105 Å². The number of carbonyl (C=O) groups is 3. The Morgan fingerprint density at radius 2 is 1.57 bits per heavy atom. The summed E-state index contributed by atoms with van der Waals surface area (Å²) in [7, 11) is 0. The third-order valence-corrected chi connectivity index (χ3v) is 6.47. The minimum atomic E-state index is -1.22. The monoisotopic (exact) mass is 472 g/mol. The Labute approximate surface area is 204 Å². The third kappa shape index (κ3) is 5.19. The molecule has 2 amide bonds. The van der Waals surface area contributed by atoms with Crippen LogP contribution in [0.2, 0.25) is 0 Å². The fraction of sp³-hybridized carbons (Fsp3) is 0.250. The number of carboxylic acids is 1. The van der Waals surface area contributed by atoms with Crippen molar-refractivity contribution in [2.24, 2.45) is 0 Å². The molecule has 0 heterocycles. The largest absolute Gasteiger partial charge is 0.481 e. The van der Waals surface area contributed by atoms with Gasteiger partial charge in [0.25, 0.3) is 0 Å². The van der Waals surface area contributed by atoms with Gasteiger partial charge in [0.2, 0.25) is 5.91 Å². The Morgan fingerprint density at radius 1 is 0.943 bits per heavy atom. The lowest BCUT2D eigenvalue weighted by atomic mass is 9.97. The maximum atomic E-state index is 13.0. The van der Waals surface area contributed by atoms with Crippen LogP contribution in [-0.2, 0) is 20.7 Å². The van der Waals surface area contributed by atoms with Crippen molar-refractivity contribution in [3.05, 3.63) is 89.5 Å². The lowest BCUT2D eigenvalue weighted by Gasteiger charge is -2.28. The summed E-state index contributed by atoms with van der Waals surface area (Å²) in [5.41, 5.74) is 4.31. The summed E-state index contributed by atoms with van der Waals surface area (Å²) in [4.78, 5) is 36.7. The van der Waals surface area contributed by atoms with E-state index >= 15 is 0 Å². The number of fused-ring (bicyclic) bond motifs is 3. The molecule has 0 aliphatic heterocycles. The van der Waals surface area contributed by atoms with E-state index in [0.29, 0.717) is 17.7 Å². The van der Waals surface area contributed by atoms with Crippen molar-refractivity contribution in [3.8, 4) is 11.1 Å². The minimum Gasteiger partial charge on any atom is -0.481 e. The van der Waals surface area contributed by atoms with Crippen molar-refractivity contribution in [2.45, 2.75) is 38.1 Å². The molecule has 3 aromatic carbocycles. The molecule has 0 fully saturated rings. The number of alkyl carbamates (subject to hydrolysis) is 1. The van der Waals surface area contributed by atoms with Crippen molar-refractivity contribution in [3.63, 3.8) is 0 Å². The number of nitrogens with one attached hydrogen (secondary N) is 2. The predicted molar refractivity (Wildman–Crippen MR) is 133 cm³/mol. The van der Waals surface area contributed by atoms with Crippen molar-refractivity contribution in [1.29, 1.82) is 0 Å². The number of anilines is 1. The predicted octanol–water partition coefficient (Wildman–Crippen LogP) is 4.96. The summed E-state index contributed by atoms with van der Waals surface area (Å²) in [5, 5.41) is 14.5. The smallest absolute Gasteiger partial charge is 0.408 e. The number of carbonyl (C=O) groups excluding carboxylic acids is 2. The molecule has 1 unspecified atom stereocenters. The van der Waals surface area contributed by atoms with Crippen molar-refractivity contribution >= 4 is 23.7 Å². The molecule has 35 heavy (non-hydrogen) atoms. The molecule has 7 nitrogen and oxygen atoms in total. The first-order chi connectivity index (χ1) is 16.8. The van der Waals surface area contributed by atoms with E-state index in [-0.39, 0.29) is 18.9 Å². The maximum absolute atomic E-state index is 13.0. The van der Waals surface area contributed by atoms with E-state index in [0.717, 1.165) is 22.3 Å². The van der Waals surface area contributed by atoms with Gasteiger partial charge in [0.15, 0.2) is 0 Å². The Morgan fingerprint density at radius 3 is 2.17 bits per heavy atom. The summed E-state index contributed by atoms with van der Waals surface area (Å²) in [6.07, 6.45) is -0.490. The number of aliphatic carboxylic acids is 1. The number of hydrogen-bond acceptors (Lipinski definition) is 4. The molecule has 0 bridgehead atoms. The third-order valence-electron chi connectivity index (χ3n) is 6.47. The van der Waals surface area contributed by atoms with Gasteiger partial charge in [-0.15, -0.1) is 0 Å². The van der Waals surface area contributed by atoms with Gasteiger partial charge in [0.05, 0.1) is 6.42 Å². The van der Waals surface area contributed by atoms with E-state index in [4.69, 9.17) is 9.84 Å². The maximum Gasteiger partial charge on any atom is 0.408 e. The van der Waals surface area contributed by atoms with Gasteiger partial charge >= 0.3 is 12.1 Å². The fourth-order valence-corrected chi connectivity index (χ4v) is 4.37. The van der Waals surface area contributed by atoms with Gasteiger partial charge in [0, 0.05) is 11.6 Å². The standard InChI is InChI=1S/C28H28N2O5/c1-3-28(2,26(33)29-19-10-8-9-18(15-19)16-25(31)32)30-27(34)35-17-24-22-13-6-4-11-20(22)21-12-5-7-14-23(21)24/h4-15,24H,3,16-17H2,1-2H3,(H,29,33)(H,30,34)(H,31,32). The molecular formula is C28H28N2O5. The second-order valence-corrected chi connectivity index (χ2v) is 8.86. The molecular weight excluding hydrogens is 444 g/mol. The van der Waals surface area contributed by atoms with Crippen LogP contribution in [0.25, 0.3) is 11.1 Å². The molecule has 0 radical (unpaired) electrons. The summed E-state index contributed by atoms with van der Waals surface area (Å²) < 4.78 is 5.61. The molecule has 0 spiro atoms. The SMILES string of the molecule is CCC(C)(NC(=O)OCC1c2ccccc2-c2ccccc21)C(=O)Nc1cccc(CC(=O)O)c1. The number of hydrogen-bond donors (Lipinski definition) is 3. The van der Waals surface area contributed by atoms with Gasteiger partial charge in [-0.1, -0.05) is 67.6 Å². The molecule has 1 aliphatic carbocycles. The lowest BCUT2D eigenvalue weighted by Crippen LogP contribution is -2.54. The summed E-state index contributed by atoms with van der Waals surface area (Å²) in [5.74, 6) is -1.45. The normalized spacial score (nSPS) is 13.8. The van der Waals surface area contributed by atoms with Crippen molar-refractivity contribution in [1.82, 2.24) is 5.32 Å². The molecule has 1 atom stereocenters. The number of rotatable bonds is 8. The Hall–Kier alpha value is -4.13. The molecule has 3 N–H and O–H groups in total. The first-order valence-electron chi connectivity index (χ1n) is 11.6. The van der Waals surface area contributed by atoms with E-state index in [1.165, 1.54) is 0 Å². The van der Waals surface area contributed by atoms with E-state index in [1.54, 1.807) is 38.1 Å². The van der Waals surface area contributed by atoms with Crippen LogP contribution < -0.4 is 10.6 Å². The quantitative estimate of drug-likeness (QED) is 0.430. The van der Waals surface area contributed by atoms with Gasteiger partial charge in [0.1, 0.15) is 12.1 Å². The molecule has 4 rings (SSSR count). The van der Waals surface area contributed by atoms with Crippen LogP contribution in [0.1, 0.15) is 42.9 Å². The first-order valence-corrected chi connectivity index (χ1v) is 11.6. The molecule has 3 aromatic rings. The van der Waals surface area contributed by atoms with Crippen molar-refractivity contribution < 1.29 is 24.2 Å². The van der Waals surface area contributed by atoms with Gasteiger partial charge < -0.3 is 20.5 Å². The van der Waals surface area contributed by atoms with Gasteiger partial charge in [-0.2, -0.15) is 0 Å². The summed E-state index contributed by atoms with van der Waals surface area (Å²) in [6.45, 7) is 3.58. The highest BCUT2D eigenvalue weighted by molar-refractivity contribution is 5.99. The minimum absolute atomic E-state index is 0.0770. The van der Waals surface area contributed by atoms with Gasteiger partial charge in [-0.05, 0) is 53.3 Å². The Balaban J connectivity index is 1.41. The van der Waals surface area contributed by atoms with E-state index in [1.807, 2.05) is 36.4 Å². The van der Waals surface area contributed by atoms with Crippen LogP contribution in [0.15, 0.2) is 72.8 Å². The summed E-state index contributed by atoms with van der Waals surface area (Å²) in [6, 6.07) is 22.8. The second-order valence-electron chi connectivity index (χ2n) is 8.86. The molecule has 7 heteroatoms. The van der Waals surface area contributed by atoms with Gasteiger partial charge in [-0.3, -0.25) is 9.59 Å². The number of carboxylic acid groups (broad SMARTS) is 1. The number of amides is 2. The fourth-order valence-electron chi connectivity index (χ4n) is 4.37. The van der Waals surface area contributed by atoms with Crippen LogP contribution in [0.3, 0.4) is 0 Å². The average molecular weight is 473 g/mol. The highest BCUT2D eigenvalue weighted by Gasteiger charge is 2.35. The number of ether oxygens (including phenoxy) is 1. The highest BCUT2D eigenvalue weighted by Crippen LogP contribution is 2.44. The van der Waals surface area contributed by atoms with E-state index in [9.17, 15) is 14.4 Å². The van der Waals surface area contributed by atoms with E-state index < -0.39 is 23.5 Å². The van der Waals surface area contributed by atoms with Crippen LogP contribution in [0.4, 0.5) is 10.5 Å². The van der Waals surface area contributed by atoms with Crippen LogP contribution in [0.5, 0.6) is 0 Å². The van der Waals surface area contributed by atoms with Gasteiger partial charge in [-0.25, -0.2) is 4.79 Å². The second kappa shape index (κ2) is 10.0. The number of benzene rings is 3. The first kappa shape index (κ1) is 24.0. The molecule has 0 aromatic heterocycles. The average Bonchev–Trinajstić information content (AvgIpc) is 3.16. The zero-order valence-electron chi connectivity index (χ0n) is 19.7. The Kier molecular flexibility index (Phi) is 6.87. The van der Waals surface area contributed by atoms with Crippen LogP contribution in [-0.4, -0.2) is 35.2 Å². The van der Waals surface area contributed by atoms with Crippen LogP contribution >= 0.6 is 0 Å².